The molecule has 0 radical (unpaired) electrons. The number of aryl methyl sites for hydroxylation is 1. The fraction of sp³-hybridized carbons (Fsp3) is 0.500. The molecule has 0 aliphatic carbocycles. The van der Waals surface area contributed by atoms with Gasteiger partial charge >= 0.3 is 0 Å². The molecule has 1 fully saturated rings. The highest BCUT2D eigenvalue weighted by molar-refractivity contribution is 5.78. The molecule has 1 saturated heterocycles. The molecule has 7 heteroatoms. The SMILES string of the molecule is CO[C@@H]1CN(C(=O)Cc2ccco2)C[C@H]1c1cn(C)nn1. The standard InChI is InChI=1S/C14H18N4O3/c1-17-8-12(15-16-17)11-7-18(9-13(11)20-2)14(19)6-10-4-3-5-21-10/h3-5,8,11,13H,6-7,9H2,1-2H3/t11-,13+/m0/s1. The van der Waals surface area contributed by atoms with E-state index >= 15 is 0 Å². The third-order valence-electron chi connectivity index (χ3n) is 3.83. The predicted molar refractivity (Wildman–Crippen MR) is 73.5 cm³/mol. The number of nitrogens with zero attached hydrogens (tertiary/aromatic N) is 4. The molecule has 21 heavy (non-hydrogen) atoms. The molecule has 1 aliphatic heterocycles. The van der Waals surface area contributed by atoms with E-state index in [1.165, 1.54) is 0 Å². The quantitative estimate of drug-likeness (QED) is 0.824. The van der Waals surface area contributed by atoms with E-state index in [0.717, 1.165) is 5.69 Å². The lowest BCUT2D eigenvalue weighted by Crippen LogP contribution is -2.31. The summed E-state index contributed by atoms with van der Waals surface area (Å²) in [4.78, 5) is 14.1. The van der Waals surface area contributed by atoms with E-state index in [1.807, 2.05) is 19.3 Å². The number of methoxy groups -OCH3 is 1. The van der Waals surface area contributed by atoms with Crippen LogP contribution in [0.3, 0.4) is 0 Å². The summed E-state index contributed by atoms with van der Waals surface area (Å²) in [5.74, 6) is 0.777. The lowest BCUT2D eigenvalue weighted by molar-refractivity contribution is -0.130. The smallest absolute Gasteiger partial charge is 0.230 e. The Morgan fingerprint density at radius 3 is 3.00 bits per heavy atom. The maximum absolute atomic E-state index is 12.3. The van der Waals surface area contributed by atoms with Crippen LogP contribution in [0.1, 0.15) is 17.4 Å². The highest BCUT2D eigenvalue weighted by Crippen LogP contribution is 2.28. The zero-order chi connectivity index (χ0) is 14.8. The number of ether oxygens (including phenoxy) is 1. The van der Waals surface area contributed by atoms with E-state index in [1.54, 1.807) is 29.0 Å². The van der Waals surface area contributed by atoms with Crippen LogP contribution < -0.4 is 0 Å². The number of aromatic nitrogens is 3. The average Bonchev–Trinajstić information content (AvgIpc) is 3.17. The van der Waals surface area contributed by atoms with Gasteiger partial charge in [-0.3, -0.25) is 9.48 Å². The number of hydrogen-bond acceptors (Lipinski definition) is 5. The van der Waals surface area contributed by atoms with Gasteiger partial charge in [-0.05, 0) is 12.1 Å². The molecule has 2 aromatic heterocycles. The minimum atomic E-state index is -0.0535. The minimum absolute atomic E-state index is 0.0402. The van der Waals surface area contributed by atoms with E-state index in [-0.39, 0.29) is 24.3 Å². The molecule has 7 nitrogen and oxygen atoms in total. The fourth-order valence-electron chi connectivity index (χ4n) is 2.71. The van der Waals surface area contributed by atoms with Crippen molar-refractivity contribution in [2.75, 3.05) is 20.2 Å². The molecule has 0 bridgehead atoms. The molecule has 2 atom stereocenters. The van der Waals surface area contributed by atoms with Crippen LogP contribution in [0.25, 0.3) is 0 Å². The second-order valence-corrected chi connectivity index (χ2v) is 5.25. The first-order valence-corrected chi connectivity index (χ1v) is 6.86. The van der Waals surface area contributed by atoms with Crippen molar-refractivity contribution in [3.63, 3.8) is 0 Å². The summed E-state index contributed by atoms with van der Waals surface area (Å²) in [6, 6.07) is 3.59. The van der Waals surface area contributed by atoms with Gasteiger partial charge in [-0.2, -0.15) is 0 Å². The van der Waals surface area contributed by atoms with Crippen LogP contribution in [0.5, 0.6) is 0 Å². The van der Waals surface area contributed by atoms with Crippen molar-refractivity contribution in [3.05, 3.63) is 36.0 Å². The molecule has 3 heterocycles. The van der Waals surface area contributed by atoms with Crippen molar-refractivity contribution < 1.29 is 13.9 Å². The minimum Gasteiger partial charge on any atom is -0.469 e. The molecular formula is C14H18N4O3. The van der Waals surface area contributed by atoms with Crippen LogP contribution in [-0.4, -0.2) is 52.1 Å². The topological polar surface area (TPSA) is 73.4 Å². The third-order valence-corrected chi connectivity index (χ3v) is 3.83. The third kappa shape index (κ3) is 2.82. The van der Waals surface area contributed by atoms with Gasteiger partial charge in [-0.25, -0.2) is 0 Å². The molecule has 112 valence electrons. The zero-order valence-corrected chi connectivity index (χ0v) is 12.1. The highest BCUT2D eigenvalue weighted by Gasteiger charge is 2.37. The summed E-state index contributed by atoms with van der Waals surface area (Å²) in [5, 5.41) is 8.10. The Kier molecular flexibility index (Phi) is 3.74. The maximum Gasteiger partial charge on any atom is 0.230 e. The number of carbonyl (C=O) groups excluding carboxylic acids is 1. The lowest BCUT2D eigenvalue weighted by Gasteiger charge is -2.14. The summed E-state index contributed by atoms with van der Waals surface area (Å²) in [6.07, 6.45) is 3.67. The van der Waals surface area contributed by atoms with Gasteiger partial charge in [0.25, 0.3) is 0 Å². The van der Waals surface area contributed by atoms with Crippen LogP contribution in [0.4, 0.5) is 0 Å². The second kappa shape index (κ2) is 5.69. The van der Waals surface area contributed by atoms with Gasteiger partial charge in [0.2, 0.25) is 5.91 Å². The Labute approximate surface area is 122 Å². The second-order valence-electron chi connectivity index (χ2n) is 5.25. The van der Waals surface area contributed by atoms with E-state index in [4.69, 9.17) is 9.15 Å². The lowest BCUT2D eigenvalue weighted by atomic mass is 10.0. The monoisotopic (exact) mass is 290 g/mol. The molecule has 0 saturated carbocycles. The van der Waals surface area contributed by atoms with Gasteiger partial charge in [-0.15, -0.1) is 5.10 Å². The Balaban J connectivity index is 1.70. The molecule has 2 aromatic rings. The first-order chi connectivity index (χ1) is 10.2. The summed E-state index contributed by atoms with van der Waals surface area (Å²) in [5.41, 5.74) is 0.859. The number of carbonyl (C=O) groups is 1. The van der Waals surface area contributed by atoms with Gasteiger partial charge in [0.15, 0.2) is 0 Å². The van der Waals surface area contributed by atoms with Gasteiger partial charge in [-0.1, -0.05) is 5.21 Å². The van der Waals surface area contributed by atoms with Crippen LogP contribution >= 0.6 is 0 Å². The molecule has 3 rings (SSSR count). The van der Waals surface area contributed by atoms with Crippen molar-refractivity contribution >= 4 is 5.91 Å². The fourth-order valence-corrected chi connectivity index (χ4v) is 2.71. The Morgan fingerprint density at radius 2 is 2.38 bits per heavy atom. The van der Waals surface area contributed by atoms with Gasteiger partial charge < -0.3 is 14.1 Å². The van der Waals surface area contributed by atoms with Crippen molar-refractivity contribution in [2.24, 2.45) is 7.05 Å². The normalized spacial score (nSPS) is 21.9. The van der Waals surface area contributed by atoms with Crippen molar-refractivity contribution in [2.45, 2.75) is 18.4 Å². The van der Waals surface area contributed by atoms with Crippen molar-refractivity contribution in [1.82, 2.24) is 19.9 Å². The zero-order valence-electron chi connectivity index (χ0n) is 12.1. The Morgan fingerprint density at radius 1 is 1.52 bits per heavy atom. The molecule has 1 aliphatic rings. The highest BCUT2D eigenvalue weighted by atomic mass is 16.5. The summed E-state index contributed by atoms with van der Waals surface area (Å²) in [6.45, 7) is 1.16. The van der Waals surface area contributed by atoms with E-state index < -0.39 is 0 Å². The molecule has 0 aromatic carbocycles. The van der Waals surface area contributed by atoms with E-state index in [2.05, 4.69) is 10.3 Å². The molecule has 1 amide bonds. The Hall–Kier alpha value is -2.15. The van der Waals surface area contributed by atoms with Gasteiger partial charge in [0.1, 0.15) is 5.76 Å². The van der Waals surface area contributed by atoms with Crippen molar-refractivity contribution in [1.29, 1.82) is 0 Å². The van der Waals surface area contributed by atoms with Crippen LogP contribution in [0, 0.1) is 0 Å². The van der Waals surface area contributed by atoms with Crippen LogP contribution in [0.2, 0.25) is 0 Å². The number of hydrogen-bond donors (Lipinski definition) is 0. The Bertz CT molecular complexity index is 608. The van der Waals surface area contributed by atoms with E-state index in [0.29, 0.717) is 18.8 Å². The largest absolute Gasteiger partial charge is 0.469 e. The van der Waals surface area contributed by atoms with Crippen LogP contribution in [-0.2, 0) is 23.0 Å². The molecule has 0 N–H and O–H groups in total. The first-order valence-electron chi connectivity index (χ1n) is 6.86. The predicted octanol–water partition coefficient (Wildman–Crippen LogP) is 0.592. The number of amides is 1. The summed E-state index contributed by atoms with van der Waals surface area (Å²) < 4.78 is 12.4. The molecule has 0 spiro atoms. The van der Waals surface area contributed by atoms with Gasteiger partial charge in [0.05, 0.1) is 30.4 Å². The number of rotatable bonds is 4. The summed E-state index contributed by atoms with van der Waals surface area (Å²) >= 11 is 0. The average molecular weight is 290 g/mol. The molecule has 0 unspecified atom stereocenters. The maximum atomic E-state index is 12.3. The van der Waals surface area contributed by atoms with Gasteiger partial charge in [0, 0.05) is 33.4 Å². The number of likely N-dealkylation sites (tertiary alicyclic amines) is 1. The van der Waals surface area contributed by atoms with E-state index in [9.17, 15) is 4.79 Å². The summed E-state index contributed by atoms with van der Waals surface area (Å²) in [7, 11) is 3.49. The first kappa shape index (κ1) is 13.8. The number of furan rings is 1. The van der Waals surface area contributed by atoms with Crippen LogP contribution in [0.15, 0.2) is 29.0 Å². The molecular weight excluding hydrogens is 272 g/mol. The van der Waals surface area contributed by atoms with Crippen molar-refractivity contribution in [3.8, 4) is 0 Å².